The molecule has 0 saturated heterocycles. The largest absolute Gasteiger partial charge is 0.392 e. The van der Waals surface area contributed by atoms with Crippen LogP contribution in [0.15, 0.2) is 41.2 Å². The number of rotatable bonds is 7. The number of hydrogen-bond donors (Lipinski definition) is 2. The predicted molar refractivity (Wildman–Crippen MR) is 107 cm³/mol. The maximum atomic E-state index is 12.4. The van der Waals surface area contributed by atoms with Crippen molar-refractivity contribution < 1.29 is 5.11 Å². The van der Waals surface area contributed by atoms with Crippen LogP contribution in [-0.4, -0.2) is 32.6 Å². The number of benzene rings is 1. The molecular formula is C20H25N3O2S. The Kier molecular flexibility index (Phi) is 5.86. The highest BCUT2D eigenvalue weighted by atomic mass is 32.1. The van der Waals surface area contributed by atoms with Crippen LogP contribution in [0.4, 0.5) is 0 Å². The Balaban J connectivity index is 1.86. The van der Waals surface area contributed by atoms with Crippen LogP contribution in [0.3, 0.4) is 0 Å². The van der Waals surface area contributed by atoms with Gasteiger partial charge in [0, 0.05) is 18.0 Å². The van der Waals surface area contributed by atoms with Crippen LogP contribution in [0.5, 0.6) is 0 Å². The fourth-order valence-electron chi connectivity index (χ4n) is 2.97. The minimum absolute atomic E-state index is 0.0927. The molecule has 2 N–H and O–H groups in total. The summed E-state index contributed by atoms with van der Waals surface area (Å²) in [6.45, 7) is 7.69. The molecule has 6 heteroatoms. The number of aromatic nitrogens is 2. The van der Waals surface area contributed by atoms with E-state index >= 15 is 0 Å². The lowest BCUT2D eigenvalue weighted by Gasteiger charge is -2.23. The van der Waals surface area contributed by atoms with E-state index in [4.69, 9.17) is 0 Å². The van der Waals surface area contributed by atoms with E-state index in [9.17, 15) is 9.90 Å². The molecule has 2 heterocycles. The van der Waals surface area contributed by atoms with Crippen molar-refractivity contribution in [2.45, 2.75) is 45.9 Å². The lowest BCUT2D eigenvalue weighted by atomic mass is 10.2. The molecule has 2 aromatic heterocycles. The first-order valence-corrected chi connectivity index (χ1v) is 9.71. The number of nitrogens with zero attached hydrogens (tertiary/aromatic N) is 2. The molecule has 0 spiro atoms. The van der Waals surface area contributed by atoms with E-state index in [0.717, 1.165) is 10.4 Å². The van der Waals surface area contributed by atoms with Gasteiger partial charge in [-0.05, 0) is 24.5 Å². The molecule has 0 aliphatic heterocycles. The molecule has 0 bridgehead atoms. The van der Waals surface area contributed by atoms with E-state index in [2.05, 4.69) is 40.8 Å². The Hall–Kier alpha value is -2.02. The van der Waals surface area contributed by atoms with E-state index in [1.165, 1.54) is 4.88 Å². The highest BCUT2D eigenvalue weighted by molar-refractivity contribution is 7.18. The van der Waals surface area contributed by atoms with Crippen molar-refractivity contribution in [1.29, 1.82) is 0 Å². The molecule has 26 heavy (non-hydrogen) atoms. The van der Waals surface area contributed by atoms with Crippen molar-refractivity contribution in [2.75, 3.05) is 6.54 Å². The molecule has 1 unspecified atom stereocenters. The van der Waals surface area contributed by atoms with Crippen LogP contribution in [0.2, 0.25) is 0 Å². The van der Waals surface area contributed by atoms with Crippen LogP contribution < -0.4 is 5.56 Å². The molecular weight excluding hydrogens is 346 g/mol. The minimum atomic E-state index is -0.455. The third kappa shape index (κ3) is 4.58. The summed E-state index contributed by atoms with van der Waals surface area (Å²) in [7, 11) is 0. The van der Waals surface area contributed by atoms with Crippen LogP contribution in [0.25, 0.3) is 10.2 Å². The summed E-state index contributed by atoms with van der Waals surface area (Å²) in [5.41, 5.74) is 1.07. The number of nitrogens with one attached hydrogen (secondary N) is 1. The molecule has 1 aromatic carbocycles. The number of H-pyrrole nitrogens is 1. The summed E-state index contributed by atoms with van der Waals surface area (Å²) >= 11 is 1.58. The van der Waals surface area contributed by atoms with Gasteiger partial charge in [0.1, 0.15) is 10.7 Å². The zero-order valence-corrected chi connectivity index (χ0v) is 16.2. The number of aliphatic hydroxyl groups is 1. The lowest BCUT2D eigenvalue weighted by Crippen LogP contribution is -2.31. The van der Waals surface area contributed by atoms with Crippen LogP contribution in [0, 0.1) is 0 Å². The molecule has 1 atom stereocenters. The first kappa shape index (κ1) is 18.8. The second kappa shape index (κ2) is 8.12. The fraction of sp³-hybridized carbons (Fsp3) is 0.400. The van der Waals surface area contributed by atoms with Crippen molar-refractivity contribution in [3.63, 3.8) is 0 Å². The summed E-state index contributed by atoms with van der Waals surface area (Å²) in [5.74, 6) is 1.01. The third-order valence-corrected chi connectivity index (χ3v) is 5.51. The summed E-state index contributed by atoms with van der Waals surface area (Å²) < 4.78 is 0. The molecule has 0 aliphatic carbocycles. The average molecular weight is 372 g/mol. The van der Waals surface area contributed by atoms with Gasteiger partial charge in [-0.2, -0.15) is 0 Å². The predicted octanol–water partition coefficient (Wildman–Crippen LogP) is 3.49. The fourth-order valence-corrected chi connectivity index (χ4v) is 4.02. The van der Waals surface area contributed by atoms with E-state index in [0.29, 0.717) is 36.8 Å². The maximum Gasteiger partial charge on any atom is 0.259 e. The third-order valence-electron chi connectivity index (χ3n) is 4.18. The molecule has 5 nitrogen and oxygen atoms in total. The van der Waals surface area contributed by atoms with Crippen molar-refractivity contribution in [1.82, 2.24) is 14.9 Å². The van der Waals surface area contributed by atoms with Crippen LogP contribution in [0.1, 0.15) is 43.0 Å². The van der Waals surface area contributed by atoms with Gasteiger partial charge >= 0.3 is 0 Å². The van der Waals surface area contributed by atoms with Gasteiger partial charge in [0.05, 0.1) is 18.0 Å². The molecule has 3 rings (SSSR count). The lowest BCUT2D eigenvalue weighted by molar-refractivity contribution is 0.116. The van der Waals surface area contributed by atoms with Gasteiger partial charge in [0.25, 0.3) is 5.56 Å². The van der Waals surface area contributed by atoms with Gasteiger partial charge < -0.3 is 10.1 Å². The van der Waals surface area contributed by atoms with Crippen molar-refractivity contribution >= 4 is 21.6 Å². The molecule has 0 amide bonds. The van der Waals surface area contributed by atoms with Gasteiger partial charge in [-0.3, -0.25) is 9.69 Å². The molecule has 138 valence electrons. The molecule has 0 saturated carbocycles. The average Bonchev–Trinajstić information content (AvgIpc) is 3.00. The number of thiophene rings is 1. The van der Waals surface area contributed by atoms with E-state index in [-0.39, 0.29) is 5.56 Å². The van der Waals surface area contributed by atoms with E-state index in [1.807, 2.05) is 24.3 Å². The molecule has 0 fully saturated rings. The normalized spacial score (nSPS) is 13.0. The number of hydrogen-bond acceptors (Lipinski definition) is 5. The van der Waals surface area contributed by atoms with Gasteiger partial charge in [-0.25, -0.2) is 4.98 Å². The minimum Gasteiger partial charge on any atom is -0.392 e. The molecule has 3 aromatic rings. The Labute approximate surface area is 157 Å². The van der Waals surface area contributed by atoms with E-state index < -0.39 is 6.10 Å². The second-order valence-electron chi connectivity index (χ2n) is 7.04. The maximum absolute atomic E-state index is 12.4. The number of aromatic amines is 1. The highest BCUT2D eigenvalue weighted by Crippen LogP contribution is 2.27. The topological polar surface area (TPSA) is 69.2 Å². The van der Waals surface area contributed by atoms with Crippen molar-refractivity contribution in [2.24, 2.45) is 0 Å². The Morgan fingerprint density at radius 1 is 1.19 bits per heavy atom. The summed E-state index contributed by atoms with van der Waals surface area (Å²) in [4.78, 5) is 24.1. The number of fused-ring (bicyclic) bond motifs is 1. The monoisotopic (exact) mass is 371 g/mol. The standard InChI is InChI=1S/C20H25N3O2S/c1-13(2)17-9-16-19(25)21-18(22-20(16)26-17)12-23(10-14(3)24)11-15-7-5-4-6-8-15/h4-9,13-14,24H,10-12H2,1-3H3,(H,21,22,25). The zero-order chi connectivity index (χ0) is 18.7. The van der Waals surface area contributed by atoms with E-state index in [1.54, 1.807) is 18.3 Å². The SMILES string of the molecule is CC(O)CN(Cc1ccccc1)Cc1nc2sc(C(C)C)cc2c(=O)[nH]1. The second-order valence-corrected chi connectivity index (χ2v) is 8.10. The van der Waals surface area contributed by atoms with Crippen molar-refractivity contribution in [3.8, 4) is 0 Å². The smallest absolute Gasteiger partial charge is 0.259 e. The Bertz CT molecular complexity index is 916. The first-order chi connectivity index (χ1) is 12.4. The van der Waals surface area contributed by atoms with Crippen LogP contribution in [-0.2, 0) is 13.1 Å². The zero-order valence-electron chi connectivity index (χ0n) is 15.4. The quantitative estimate of drug-likeness (QED) is 0.667. The van der Waals surface area contributed by atoms with Gasteiger partial charge in [0.2, 0.25) is 0 Å². The first-order valence-electron chi connectivity index (χ1n) is 8.89. The van der Waals surface area contributed by atoms with Gasteiger partial charge in [-0.1, -0.05) is 44.2 Å². The number of aliphatic hydroxyl groups excluding tert-OH is 1. The van der Waals surface area contributed by atoms with Crippen molar-refractivity contribution in [3.05, 3.63) is 63.0 Å². The summed E-state index contributed by atoms with van der Waals surface area (Å²) in [6.07, 6.45) is -0.455. The Morgan fingerprint density at radius 3 is 2.58 bits per heavy atom. The Morgan fingerprint density at radius 2 is 1.92 bits per heavy atom. The highest BCUT2D eigenvalue weighted by Gasteiger charge is 2.15. The van der Waals surface area contributed by atoms with Gasteiger partial charge in [-0.15, -0.1) is 11.3 Å². The van der Waals surface area contributed by atoms with Gasteiger partial charge in [0.15, 0.2) is 0 Å². The summed E-state index contributed by atoms with van der Waals surface area (Å²) in [5, 5.41) is 10.5. The summed E-state index contributed by atoms with van der Waals surface area (Å²) in [6, 6.07) is 12.0. The van der Waals surface area contributed by atoms with Crippen LogP contribution >= 0.6 is 11.3 Å². The molecule has 0 radical (unpaired) electrons. The molecule has 0 aliphatic rings.